The van der Waals surface area contributed by atoms with Crippen LogP contribution in [0, 0.1) is 0 Å². The maximum absolute atomic E-state index is 5.69. The van der Waals surface area contributed by atoms with Gasteiger partial charge in [-0.15, -0.1) is 0 Å². The largest absolute Gasteiger partial charge is 0.500 e. The molecule has 0 amide bonds. The summed E-state index contributed by atoms with van der Waals surface area (Å²) in [4.78, 5) is 0. The first-order valence-electron chi connectivity index (χ1n) is 5.53. The molecule has 0 saturated carbocycles. The van der Waals surface area contributed by atoms with E-state index in [0.29, 0.717) is 6.54 Å². The summed E-state index contributed by atoms with van der Waals surface area (Å²) in [6.45, 7) is 4.82. The molecule has 0 aromatic heterocycles. The van der Waals surface area contributed by atoms with Gasteiger partial charge in [-0.2, -0.15) is 0 Å². The highest BCUT2D eigenvalue weighted by Crippen LogP contribution is 2.14. The molecule has 0 heterocycles. The van der Waals surface area contributed by atoms with Gasteiger partial charge in [0.2, 0.25) is 0 Å². The summed E-state index contributed by atoms with van der Waals surface area (Å²) >= 11 is 0. The van der Waals surface area contributed by atoms with Crippen LogP contribution in [0.25, 0.3) is 0 Å². The number of nitrogens with one attached hydrogen (secondary N) is 1. The van der Waals surface area contributed by atoms with Crippen molar-refractivity contribution >= 4 is 8.80 Å². The van der Waals surface area contributed by atoms with Crippen LogP contribution in [0.4, 0.5) is 0 Å². The topological polar surface area (TPSA) is 91.8 Å². The highest BCUT2D eigenvalue weighted by atomic mass is 28.4. The maximum Gasteiger partial charge on any atom is 0.500 e. The first-order chi connectivity index (χ1) is 7.95. The van der Waals surface area contributed by atoms with Crippen molar-refractivity contribution < 1.29 is 13.3 Å². The van der Waals surface area contributed by atoms with Crippen LogP contribution in [0.3, 0.4) is 0 Å². The lowest BCUT2D eigenvalue weighted by molar-refractivity contribution is 0.123. The lowest BCUT2D eigenvalue weighted by Crippen LogP contribution is -2.55. The summed E-state index contributed by atoms with van der Waals surface area (Å²) in [5.41, 5.74) is 10.5. The Labute approximate surface area is 105 Å². The molecule has 0 fully saturated rings. The Bertz CT molecular complexity index is 215. The van der Waals surface area contributed by atoms with E-state index in [-0.39, 0.29) is 0 Å². The van der Waals surface area contributed by atoms with Crippen molar-refractivity contribution in [3.63, 3.8) is 0 Å². The summed E-state index contributed by atoms with van der Waals surface area (Å²) < 4.78 is 15.9. The summed E-state index contributed by atoms with van der Waals surface area (Å²) in [5, 5.41) is 3.16. The van der Waals surface area contributed by atoms with Gasteiger partial charge < -0.3 is 30.1 Å². The lowest BCUT2D eigenvalue weighted by atomic mass is 10.2. The van der Waals surface area contributed by atoms with Crippen molar-refractivity contribution in [2.24, 2.45) is 11.5 Å². The van der Waals surface area contributed by atoms with Gasteiger partial charge >= 0.3 is 8.80 Å². The number of hydrogen-bond donors (Lipinski definition) is 3. The molecule has 0 saturated heterocycles. The Morgan fingerprint density at radius 1 is 1.24 bits per heavy atom. The van der Waals surface area contributed by atoms with E-state index < -0.39 is 14.5 Å². The van der Waals surface area contributed by atoms with Crippen LogP contribution < -0.4 is 16.8 Å². The van der Waals surface area contributed by atoms with E-state index in [1.165, 1.54) is 6.08 Å². The van der Waals surface area contributed by atoms with E-state index in [1.807, 2.05) is 0 Å². The van der Waals surface area contributed by atoms with E-state index in [4.69, 9.17) is 24.7 Å². The van der Waals surface area contributed by atoms with Gasteiger partial charge in [0.25, 0.3) is 0 Å². The zero-order chi connectivity index (χ0) is 13.4. The van der Waals surface area contributed by atoms with Gasteiger partial charge in [0.05, 0.1) is 5.66 Å². The SMILES string of the molecule is C=CC(N)(N)CNCCC[Si](OC)(OC)OC. The quantitative estimate of drug-likeness (QED) is 0.216. The van der Waals surface area contributed by atoms with Gasteiger partial charge in [0.15, 0.2) is 0 Å². The normalized spacial score (nSPS) is 12.8. The zero-order valence-corrected chi connectivity index (χ0v) is 12.0. The van der Waals surface area contributed by atoms with Crippen LogP contribution >= 0.6 is 0 Å². The molecular formula is C10H25N3O3Si. The van der Waals surface area contributed by atoms with E-state index in [2.05, 4.69) is 11.9 Å². The fourth-order valence-corrected chi connectivity index (χ4v) is 3.09. The Kier molecular flexibility index (Phi) is 7.80. The van der Waals surface area contributed by atoms with Crippen LogP contribution in [0.5, 0.6) is 0 Å². The van der Waals surface area contributed by atoms with Crippen molar-refractivity contribution in [1.29, 1.82) is 0 Å². The van der Waals surface area contributed by atoms with Crippen molar-refractivity contribution in [1.82, 2.24) is 5.32 Å². The first-order valence-corrected chi connectivity index (χ1v) is 7.46. The average Bonchev–Trinajstić information content (AvgIpc) is 2.34. The van der Waals surface area contributed by atoms with Crippen molar-refractivity contribution in [2.75, 3.05) is 34.4 Å². The van der Waals surface area contributed by atoms with E-state index in [1.54, 1.807) is 21.3 Å². The molecule has 0 aromatic rings. The second kappa shape index (κ2) is 7.93. The zero-order valence-electron chi connectivity index (χ0n) is 11.0. The average molecular weight is 263 g/mol. The monoisotopic (exact) mass is 263 g/mol. The van der Waals surface area contributed by atoms with E-state index in [9.17, 15) is 0 Å². The fourth-order valence-electron chi connectivity index (χ4n) is 1.36. The predicted octanol–water partition coefficient (Wildman–Crippen LogP) is -0.356. The minimum Gasteiger partial charge on any atom is -0.377 e. The Morgan fingerprint density at radius 3 is 2.18 bits per heavy atom. The van der Waals surface area contributed by atoms with Crippen LogP contribution in [0.15, 0.2) is 12.7 Å². The van der Waals surface area contributed by atoms with Gasteiger partial charge in [-0.05, 0) is 13.0 Å². The van der Waals surface area contributed by atoms with E-state index in [0.717, 1.165) is 19.0 Å². The Morgan fingerprint density at radius 2 is 1.76 bits per heavy atom. The van der Waals surface area contributed by atoms with Gasteiger partial charge in [0, 0.05) is 33.9 Å². The van der Waals surface area contributed by atoms with E-state index >= 15 is 0 Å². The number of rotatable bonds is 10. The smallest absolute Gasteiger partial charge is 0.377 e. The molecule has 5 N–H and O–H groups in total. The Balaban J connectivity index is 3.80. The van der Waals surface area contributed by atoms with Crippen LogP contribution in [0.2, 0.25) is 6.04 Å². The summed E-state index contributed by atoms with van der Waals surface area (Å²) in [7, 11) is 2.37. The lowest BCUT2D eigenvalue weighted by Gasteiger charge is -2.25. The third-order valence-corrected chi connectivity index (χ3v) is 5.41. The van der Waals surface area contributed by atoms with Crippen molar-refractivity contribution in [3.8, 4) is 0 Å². The second-order valence-corrected chi connectivity index (χ2v) is 6.98. The van der Waals surface area contributed by atoms with Crippen LogP contribution in [-0.4, -0.2) is 48.9 Å². The molecule has 0 rings (SSSR count). The van der Waals surface area contributed by atoms with Crippen LogP contribution in [-0.2, 0) is 13.3 Å². The molecule has 0 aliphatic carbocycles. The van der Waals surface area contributed by atoms with Crippen molar-refractivity contribution in [3.05, 3.63) is 12.7 Å². The standard InChI is InChI=1S/C10H25N3O3Si/c1-5-10(11,12)9-13-7-6-8-17(14-2,15-3)16-4/h5,13H,1,6-9,11-12H2,2-4H3. The molecule has 0 spiro atoms. The molecule has 6 nitrogen and oxygen atoms in total. The fraction of sp³-hybridized carbons (Fsp3) is 0.800. The molecule has 0 aliphatic rings. The van der Waals surface area contributed by atoms with Gasteiger partial charge in [-0.1, -0.05) is 12.7 Å². The Hall–Kier alpha value is -0.283. The van der Waals surface area contributed by atoms with Gasteiger partial charge in [-0.25, -0.2) is 0 Å². The van der Waals surface area contributed by atoms with Crippen molar-refractivity contribution in [2.45, 2.75) is 18.1 Å². The highest BCUT2D eigenvalue weighted by molar-refractivity contribution is 6.60. The predicted molar refractivity (Wildman–Crippen MR) is 70.4 cm³/mol. The third kappa shape index (κ3) is 6.27. The molecule has 102 valence electrons. The molecule has 17 heavy (non-hydrogen) atoms. The molecule has 7 heteroatoms. The minimum absolute atomic E-state index is 0.484. The summed E-state index contributed by atoms with van der Waals surface area (Å²) in [5.74, 6) is 0. The third-order valence-electron chi connectivity index (χ3n) is 2.58. The number of hydrogen-bond acceptors (Lipinski definition) is 6. The molecule has 0 radical (unpaired) electrons. The molecule has 0 aromatic carbocycles. The molecular weight excluding hydrogens is 238 g/mol. The maximum atomic E-state index is 5.69. The van der Waals surface area contributed by atoms with Gasteiger partial charge in [-0.3, -0.25) is 0 Å². The van der Waals surface area contributed by atoms with Gasteiger partial charge in [0.1, 0.15) is 0 Å². The molecule has 0 unspecified atom stereocenters. The highest BCUT2D eigenvalue weighted by Gasteiger charge is 2.36. The minimum atomic E-state index is -2.44. The van der Waals surface area contributed by atoms with Crippen LogP contribution in [0.1, 0.15) is 6.42 Å². The molecule has 0 atom stereocenters. The first kappa shape index (κ1) is 16.7. The molecule has 0 bridgehead atoms. The summed E-state index contributed by atoms with van der Waals surface area (Å²) in [6, 6.07) is 0.750. The summed E-state index contributed by atoms with van der Waals surface area (Å²) in [6.07, 6.45) is 2.40. The molecule has 0 aliphatic heterocycles. The number of nitrogens with two attached hydrogens (primary N) is 2. The second-order valence-electron chi connectivity index (χ2n) is 3.89.